The lowest BCUT2D eigenvalue weighted by molar-refractivity contribution is 0.602. The summed E-state index contributed by atoms with van der Waals surface area (Å²) in [6, 6.07) is 7.03. The first-order valence-electron chi connectivity index (χ1n) is 3.99. The Balaban J connectivity index is 2.92. The molecule has 0 aliphatic heterocycles. The maximum atomic E-state index is 11.4. The van der Waals surface area contributed by atoms with Crippen LogP contribution in [-0.4, -0.2) is 24.9 Å². The first-order valence-corrected chi connectivity index (χ1v) is 5.88. The van der Waals surface area contributed by atoms with Crippen molar-refractivity contribution in [2.45, 2.75) is 4.90 Å². The molecule has 14 heavy (non-hydrogen) atoms. The van der Waals surface area contributed by atoms with Crippen LogP contribution in [0.3, 0.4) is 0 Å². The lowest BCUT2D eigenvalue weighted by Gasteiger charge is -2.01. The van der Waals surface area contributed by atoms with E-state index in [1.165, 1.54) is 6.20 Å². The Hall–Kier alpha value is -1.49. The molecule has 0 saturated heterocycles. The van der Waals surface area contributed by atoms with Crippen molar-refractivity contribution >= 4 is 20.7 Å². The van der Waals surface area contributed by atoms with Crippen molar-refractivity contribution in [1.29, 1.82) is 0 Å². The van der Waals surface area contributed by atoms with Crippen LogP contribution in [0.25, 0.3) is 10.9 Å². The van der Waals surface area contributed by atoms with E-state index in [2.05, 4.69) is 10.2 Å². The second-order valence-electron chi connectivity index (χ2n) is 3.00. The Morgan fingerprint density at radius 2 is 1.93 bits per heavy atom. The molecule has 4 nitrogen and oxygen atoms in total. The fraction of sp³-hybridized carbons (Fsp3) is 0.111. The summed E-state index contributed by atoms with van der Waals surface area (Å²) in [5.74, 6) is 0. The lowest BCUT2D eigenvalue weighted by Crippen LogP contribution is -2.00. The Bertz CT molecular complexity index is 573. The van der Waals surface area contributed by atoms with Gasteiger partial charge in [0.1, 0.15) is 0 Å². The SMILES string of the molecule is CS(=O)(=O)c1cnnc2ccccc12. The zero-order chi connectivity index (χ0) is 10.2. The molecule has 0 aliphatic rings. The highest BCUT2D eigenvalue weighted by molar-refractivity contribution is 7.91. The van der Waals surface area contributed by atoms with Gasteiger partial charge < -0.3 is 0 Å². The van der Waals surface area contributed by atoms with Crippen molar-refractivity contribution in [3.8, 4) is 0 Å². The van der Waals surface area contributed by atoms with Crippen molar-refractivity contribution in [3.05, 3.63) is 30.5 Å². The molecule has 0 atom stereocenters. The summed E-state index contributed by atoms with van der Waals surface area (Å²) in [7, 11) is -3.23. The number of rotatable bonds is 1. The number of nitrogens with zero attached hydrogens (tertiary/aromatic N) is 2. The van der Waals surface area contributed by atoms with Gasteiger partial charge in [0, 0.05) is 11.6 Å². The van der Waals surface area contributed by atoms with Crippen LogP contribution in [-0.2, 0) is 9.84 Å². The third-order valence-electron chi connectivity index (χ3n) is 1.91. The van der Waals surface area contributed by atoms with E-state index in [1.807, 2.05) is 0 Å². The van der Waals surface area contributed by atoms with Crippen LogP contribution in [0.1, 0.15) is 0 Å². The minimum absolute atomic E-state index is 0.225. The molecule has 1 heterocycles. The van der Waals surface area contributed by atoms with Gasteiger partial charge in [-0.1, -0.05) is 18.2 Å². The Kier molecular flexibility index (Phi) is 1.96. The molecular formula is C9H8N2O2S. The van der Waals surface area contributed by atoms with Gasteiger partial charge in [-0.2, -0.15) is 10.2 Å². The molecule has 72 valence electrons. The van der Waals surface area contributed by atoms with Crippen LogP contribution >= 0.6 is 0 Å². The number of aromatic nitrogens is 2. The van der Waals surface area contributed by atoms with E-state index in [9.17, 15) is 8.42 Å². The number of hydrogen-bond donors (Lipinski definition) is 0. The van der Waals surface area contributed by atoms with Gasteiger partial charge in [0.05, 0.1) is 16.6 Å². The minimum atomic E-state index is -3.23. The van der Waals surface area contributed by atoms with E-state index >= 15 is 0 Å². The van der Waals surface area contributed by atoms with E-state index in [0.717, 1.165) is 6.26 Å². The highest BCUT2D eigenvalue weighted by atomic mass is 32.2. The van der Waals surface area contributed by atoms with Crippen LogP contribution in [0.5, 0.6) is 0 Å². The summed E-state index contributed by atoms with van der Waals surface area (Å²) >= 11 is 0. The largest absolute Gasteiger partial charge is 0.224 e. The fourth-order valence-electron chi connectivity index (χ4n) is 1.28. The highest BCUT2D eigenvalue weighted by Gasteiger charge is 2.11. The van der Waals surface area contributed by atoms with Crippen LogP contribution < -0.4 is 0 Å². The van der Waals surface area contributed by atoms with E-state index in [1.54, 1.807) is 24.3 Å². The predicted octanol–water partition coefficient (Wildman–Crippen LogP) is 1.03. The van der Waals surface area contributed by atoms with Crippen LogP contribution in [0, 0.1) is 0 Å². The summed E-state index contributed by atoms with van der Waals surface area (Å²) in [5, 5.41) is 8.11. The summed E-state index contributed by atoms with van der Waals surface area (Å²) in [5.41, 5.74) is 0.593. The van der Waals surface area contributed by atoms with Crippen molar-refractivity contribution in [2.24, 2.45) is 0 Å². The quantitative estimate of drug-likeness (QED) is 0.702. The van der Waals surface area contributed by atoms with Gasteiger partial charge in [0.25, 0.3) is 0 Å². The van der Waals surface area contributed by atoms with Crippen molar-refractivity contribution in [1.82, 2.24) is 10.2 Å². The molecule has 0 radical (unpaired) electrons. The second kappa shape index (κ2) is 3.02. The zero-order valence-electron chi connectivity index (χ0n) is 7.51. The predicted molar refractivity (Wildman–Crippen MR) is 52.6 cm³/mol. The van der Waals surface area contributed by atoms with Gasteiger partial charge in [-0.25, -0.2) is 8.42 Å². The number of sulfone groups is 1. The van der Waals surface area contributed by atoms with Crippen LogP contribution in [0.2, 0.25) is 0 Å². The molecule has 0 saturated carbocycles. The third-order valence-corrected chi connectivity index (χ3v) is 3.03. The lowest BCUT2D eigenvalue weighted by atomic mass is 10.2. The molecule has 0 bridgehead atoms. The fourth-order valence-corrected chi connectivity index (χ4v) is 2.09. The Labute approximate surface area is 81.5 Å². The summed E-state index contributed by atoms with van der Waals surface area (Å²) in [4.78, 5) is 0.225. The molecule has 0 amide bonds. The Morgan fingerprint density at radius 3 is 2.64 bits per heavy atom. The monoisotopic (exact) mass is 208 g/mol. The Morgan fingerprint density at radius 1 is 1.21 bits per heavy atom. The number of hydrogen-bond acceptors (Lipinski definition) is 4. The maximum Gasteiger partial charge on any atom is 0.177 e. The molecule has 1 aromatic carbocycles. The second-order valence-corrected chi connectivity index (χ2v) is 4.98. The van der Waals surface area contributed by atoms with E-state index in [-0.39, 0.29) is 4.90 Å². The van der Waals surface area contributed by atoms with E-state index in [4.69, 9.17) is 0 Å². The van der Waals surface area contributed by atoms with E-state index < -0.39 is 9.84 Å². The van der Waals surface area contributed by atoms with Gasteiger partial charge >= 0.3 is 0 Å². The van der Waals surface area contributed by atoms with Crippen molar-refractivity contribution in [2.75, 3.05) is 6.26 Å². The molecule has 0 spiro atoms. The van der Waals surface area contributed by atoms with Crippen LogP contribution in [0.4, 0.5) is 0 Å². The smallest absolute Gasteiger partial charge is 0.177 e. The maximum absolute atomic E-state index is 11.4. The topological polar surface area (TPSA) is 59.9 Å². The van der Waals surface area contributed by atoms with Crippen molar-refractivity contribution in [3.63, 3.8) is 0 Å². The average molecular weight is 208 g/mol. The first-order chi connectivity index (χ1) is 6.59. The number of fused-ring (bicyclic) bond motifs is 1. The normalized spacial score (nSPS) is 11.8. The molecule has 1 aromatic heterocycles. The van der Waals surface area contributed by atoms with Crippen molar-refractivity contribution < 1.29 is 8.42 Å². The molecule has 0 fully saturated rings. The first kappa shape index (κ1) is 9.08. The highest BCUT2D eigenvalue weighted by Crippen LogP contribution is 2.19. The van der Waals surface area contributed by atoms with Crippen LogP contribution in [0.15, 0.2) is 35.4 Å². The zero-order valence-corrected chi connectivity index (χ0v) is 8.32. The summed E-state index contributed by atoms with van der Waals surface area (Å²) in [6.45, 7) is 0. The molecule has 0 unspecified atom stereocenters. The number of benzene rings is 1. The van der Waals surface area contributed by atoms with Gasteiger partial charge in [0.15, 0.2) is 9.84 Å². The van der Waals surface area contributed by atoms with Gasteiger partial charge in [0.2, 0.25) is 0 Å². The molecule has 0 N–H and O–H groups in total. The standard InChI is InChI=1S/C9H8N2O2S/c1-14(12,13)9-6-10-11-8-5-3-2-4-7(8)9/h2-6H,1H3. The average Bonchev–Trinajstić information content (AvgIpc) is 2.15. The molecule has 2 aromatic rings. The molecule has 2 rings (SSSR count). The molecular weight excluding hydrogens is 200 g/mol. The van der Waals surface area contributed by atoms with Gasteiger partial charge in [-0.05, 0) is 6.07 Å². The third kappa shape index (κ3) is 1.46. The van der Waals surface area contributed by atoms with Gasteiger partial charge in [-0.3, -0.25) is 0 Å². The summed E-state index contributed by atoms with van der Waals surface area (Å²) < 4.78 is 22.8. The minimum Gasteiger partial charge on any atom is -0.224 e. The van der Waals surface area contributed by atoms with Gasteiger partial charge in [-0.15, -0.1) is 0 Å². The molecule has 5 heteroatoms. The van der Waals surface area contributed by atoms with E-state index in [0.29, 0.717) is 10.9 Å². The molecule has 0 aliphatic carbocycles. The summed E-state index contributed by atoms with van der Waals surface area (Å²) in [6.07, 6.45) is 2.44.